The molecule has 1 amide bonds. The van der Waals surface area contributed by atoms with Crippen LogP contribution in [-0.2, 0) is 13.0 Å². The van der Waals surface area contributed by atoms with E-state index in [1.54, 1.807) is 6.20 Å². The van der Waals surface area contributed by atoms with Crippen LogP contribution in [0.25, 0.3) is 0 Å². The van der Waals surface area contributed by atoms with Gasteiger partial charge in [0.15, 0.2) is 5.13 Å². The topological polar surface area (TPSA) is 46.9 Å². The third-order valence-corrected chi connectivity index (χ3v) is 4.69. The Bertz CT molecular complexity index is 838. The molecule has 0 aliphatic heterocycles. The van der Waals surface area contributed by atoms with Crippen LogP contribution in [0.3, 0.4) is 0 Å². The Morgan fingerprint density at radius 2 is 2.04 bits per heavy atom. The molecule has 25 heavy (non-hydrogen) atoms. The summed E-state index contributed by atoms with van der Waals surface area (Å²) in [7, 11) is 0. The van der Waals surface area contributed by atoms with Gasteiger partial charge in [-0.3, -0.25) is 10.1 Å². The number of halogens is 1. The van der Waals surface area contributed by atoms with Gasteiger partial charge in [0.1, 0.15) is 5.69 Å². The quantitative estimate of drug-likeness (QED) is 0.653. The van der Waals surface area contributed by atoms with Gasteiger partial charge in [0.2, 0.25) is 0 Å². The Balaban J connectivity index is 1.87. The van der Waals surface area contributed by atoms with Gasteiger partial charge in [-0.25, -0.2) is 4.98 Å². The molecule has 0 aliphatic rings. The van der Waals surface area contributed by atoms with Crippen LogP contribution in [-0.4, -0.2) is 15.5 Å². The second-order valence-electron chi connectivity index (χ2n) is 6.38. The van der Waals surface area contributed by atoms with Crippen LogP contribution >= 0.6 is 22.9 Å². The SMILES string of the molecule is CC(C)Cc1cc(C(=O)Nc2nccs2)n(Cc2ccc(Cl)cc2)c1. The third-order valence-electron chi connectivity index (χ3n) is 3.75. The molecule has 2 heterocycles. The fraction of sp³-hybridized carbons (Fsp3) is 0.263. The number of aromatic nitrogens is 2. The number of hydrogen-bond acceptors (Lipinski definition) is 3. The minimum atomic E-state index is -0.140. The van der Waals surface area contributed by atoms with E-state index in [0.29, 0.717) is 28.3 Å². The molecule has 0 atom stereocenters. The number of anilines is 1. The van der Waals surface area contributed by atoms with E-state index in [-0.39, 0.29) is 5.91 Å². The van der Waals surface area contributed by atoms with Gasteiger partial charge in [-0.2, -0.15) is 0 Å². The van der Waals surface area contributed by atoms with Gasteiger partial charge in [0.25, 0.3) is 5.91 Å². The zero-order valence-electron chi connectivity index (χ0n) is 14.2. The first kappa shape index (κ1) is 17.7. The number of rotatable bonds is 6. The summed E-state index contributed by atoms with van der Waals surface area (Å²) >= 11 is 7.37. The lowest BCUT2D eigenvalue weighted by atomic mass is 10.1. The van der Waals surface area contributed by atoms with E-state index in [0.717, 1.165) is 17.5 Å². The van der Waals surface area contributed by atoms with Crippen LogP contribution in [0.2, 0.25) is 5.02 Å². The molecule has 130 valence electrons. The second kappa shape index (κ2) is 7.85. The van der Waals surface area contributed by atoms with Crippen LogP contribution in [0.1, 0.15) is 35.5 Å². The predicted molar refractivity (Wildman–Crippen MR) is 104 cm³/mol. The van der Waals surface area contributed by atoms with Crippen molar-refractivity contribution in [2.45, 2.75) is 26.8 Å². The molecule has 1 aromatic carbocycles. The van der Waals surface area contributed by atoms with Gasteiger partial charge in [-0.1, -0.05) is 37.6 Å². The van der Waals surface area contributed by atoms with E-state index in [2.05, 4.69) is 30.3 Å². The van der Waals surface area contributed by atoms with Gasteiger partial charge in [0, 0.05) is 29.3 Å². The Labute approximate surface area is 156 Å². The van der Waals surface area contributed by atoms with Gasteiger partial charge in [-0.15, -0.1) is 11.3 Å². The van der Waals surface area contributed by atoms with Gasteiger partial charge >= 0.3 is 0 Å². The number of carbonyl (C=O) groups is 1. The van der Waals surface area contributed by atoms with Crippen molar-refractivity contribution >= 4 is 34.0 Å². The smallest absolute Gasteiger partial charge is 0.274 e. The standard InChI is InChI=1S/C19H20ClN3OS/c1-13(2)9-15-10-17(18(24)22-19-21-7-8-25-19)23(12-15)11-14-3-5-16(20)6-4-14/h3-8,10,12-13H,9,11H2,1-2H3,(H,21,22,24). The third kappa shape index (κ3) is 4.71. The summed E-state index contributed by atoms with van der Waals surface area (Å²) in [6, 6.07) is 9.66. The highest BCUT2D eigenvalue weighted by Gasteiger charge is 2.16. The molecule has 3 aromatic rings. The molecule has 6 heteroatoms. The Hall–Kier alpha value is -2.11. The number of carbonyl (C=O) groups excluding carboxylic acids is 1. The first-order valence-electron chi connectivity index (χ1n) is 8.15. The van der Waals surface area contributed by atoms with Crippen molar-refractivity contribution in [2.24, 2.45) is 5.92 Å². The van der Waals surface area contributed by atoms with E-state index >= 15 is 0 Å². The Kier molecular flexibility index (Phi) is 5.56. The molecule has 0 fully saturated rings. The molecule has 0 saturated carbocycles. The van der Waals surface area contributed by atoms with Gasteiger partial charge in [0.05, 0.1) is 0 Å². The number of thiazole rings is 1. The summed E-state index contributed by atoms with van der Waals surface area (Å²) in [4.78, 5) is 16.8. The molecule has 1 N–H and O–H groups in total. The number of nitrogens with zero attached hydrogens (tertiary/aromatic N) is 2. The first-order valence-corrected chi connectivity index (χ1v) is 9.41. The van der Waals surface area contributed by atoms with Crippen LogP contribution < -0.4 is 5.32 Å². The monoisotopic (exact) mass is 373 g/mol. The van der Waals surface area contributed by atoms with Gasteiger partial charge in [-0.05, 0) is 41.7 Å². The van der Waals surface area contributed by atoms with E-state index in [4.69, 9.17) is 11.6 Å². The molecular formula is C19H20ClN3OS. The molecule has 0 unspecified atom stereocenters. The van der Waals surface area contributed by atoms with E-state index in [1.807, 2.05) is 40.3 Å². The molecule has 0 bridgehead atoms. The number of hydrogen-bond donors (Lipinski definition) is 1. The van der Waals surface area contributed by atoms with E-state index in [1.165, 1.54) is 11.3 Å². The van der Waals surface area contributed by atoms with Crippen molar-refractivity contribution in [3.05, 3.63) is 69.9 Å². The van der Waals surface area contributed by atoms with Crippen molar-refractivity contribution in [2.75, 3.05) is 5.32 Å². The summed E-state index contributed by atoms with van der Waals surface area (Å²) in [6.45, 7) is 4.97. The zero-order chi connectivity index (χ0) is 17.8. The Morgan fingerprint density at radius 3 is 2.68 bits per heavy atom. The summed E-state index contributed by atoms with van der Waals surface area (Å²) in [5.41, 5.74) is 2.90. The molecule has 0 spiro atoms. The van der Waals surface area contributed by atoms with Crippen LogP contribution in [0.4, 0.5) is 5.13 Å². The van der Waals surface area contributed by atoms with Crippen LogP contribution in [0, 0.1) is 5.92 Å². The zero-order valence-corrected chi connectivity index (χ0v) is 15.8. The molecule has 0 radical (unpaired) electrons. The fourth-order valence-electron chi connectivity index (χ4n) is 2.71. The summed E-state index contributed by atoms with van der Waals surface area (Å²) < 4.78 is 1.99. The highest BCUT2D eigenvalue weighted by molar-refractivity contribution is 7.13. The minimum absolute atomic E-state index is 0.140. The molecule has 4 nitrogen and oxygen atoms in total. The Morgan fingerprint density at radius 1 is 1.28 bits per heavy atom. The molecule has 0 aliphatic carbocycles. The second-order valence-corrected chi connectivity index (χ2v) is 7.71. The van der Waals surface area contributed by atoms with Crippen LogP contribution in [0.15, 0.2) is 48.1 Å². The first-order chi connectivity index (χ1) is 12.0. The minimum Gasteiger partial charge on any atom is -0.339 e. The van der Waals surface area contributed by atoms with Crippen molar-refractivity contribution in [1.29, 1.82) is 0 Å². The highest BCUT2D eigenvalue weighted by Crippen LogP contribution is 2.19. The normalized spacial score (nSPS) is 11.0. The lowest BCUT2D eigenvalue weighted by Crippen LogP contribution is -2.17. The van der Waals surface area contributed by atoms with E-state index in [9.17, 15) is 4.79 Å². The van der Waals surface area contributed by atoms with Crippen molar-refractivity contribution in [1.82, 2.24) is 9.55 Å². The highest BCUT2D eigenvalue weighted by atomic mass is 35.5. The average Bonchev–Trinajstić information content (AvgIpc) is 3.19. The summed E-state index contributed by atoms with van der Waals surface area (Å²) in [5.74, 6) is 0.389. The molecule has 0 saturated heterocycles. The maximum Gasteiger partial charge on any atom is 0.274 e. The van der Waals surface area contributed by atoms with Crippen molar-refractivity contribution in [3.8, 4) is 0 Å². The molecular weight excluding hydrogens is 354 g/mol. The number of amides is 1. The average molecular weight is 374 g/mol. The van der Waals surface area contributed by atoms with Crippen LogP contribution in [0.5, 0.6) is 0 Å². The summed E-state index contributed by atoms with van der Waals surface area (Å²) in [6.07, 6.45) is 4.67. The number of nitrogens with one attached hydrogen (secondary N) is 1. The lowest BCUT2D eigenvalue weighted by Gasteiger charge is -2.09. The summed E-state index contributed by atoms with van der Waals surface area (Å²) in [5, 5.41) is 6.02. The maximum absolute atomic E-state index is 12.7. The maximum atomic E-state index is 12.7. The largest absolute Gasteiger partial charge is 0.339 e. The van der Waals surface area contributed by atoms with E-state index < -0.39 is 0 Å². The molecule has 2 aromatic heterocycles. The number of benzene rings is 1. The molecule has 3 rings (SSSR count). The van der Waals surface area contributed by atoms with Crippen molar-refractivity contribution < 1.29 is 4.79 Å². The fourth-order valence-corrected chi connectivity index (χ4v) is 3.36. The van der Waals surface area contributed by atoms with Crippen molar-refractivity contribution in [3.63, 3.8) is 0 Å². The lowest BCUT2D eigenvalue weighted by molar-refractivity contribution is 0.101. The van der Waals surface area contributed by atoms with Gasteiger partial charge < -0.3 is 4.57 Å². The predicted octanol–water partition coefficient (Wildman–Crippen LogP) is 5.10.